The maximum atomic E-state index is 16.7. The number of hydrogen-bond donors (Lipinski definition) is 1. The van der Waals surface area contributed by atoms with Crippen molar-refractivity contribution in [2.45, 2.75) is 56.5 Å². The molecular formula is C37H38FN7O3. The van der Waals surface area contributed by atoms with Crippen molar-refractivity contribution in [3.63, 3.8) is 0 Å². The van der Waals surface area contributed by atoms with Gasteiger partial charge in [-0.1, -0.05) is 18.2 Å². The van der Waals surface area contributed by atoms with Crippen molar-refractivity contribution < 1.29 is 18.7 Å². The third-order valence-corrected chi connectivity index (χ3v) is 10.9. The summed E-state index contributed by atoms with van der Waals surface area (Å²) in [6.07, 6.45) is 6.07. The fourth-order valence-electron chi connectivity index (χ4n) is 8.25. The summed E-state index contributed by atoms with van der Waals surface area (Å²) in [6, 6.07) is 18.6. The lowest BCUT2D eigenvalue weighted by molar-refractivity contribution is -0.0290. The fourth-order valence-corrected chi connectivity index (χ4v) is 8.25. The fraction of sp³-hybridized carbons (Fsp3) is 0.405. The predicted molar refractivity (Wildman–Crippen MR) is 179 cm³/mol. The standard InChI is InChI=1S/C37H38FN7O3/c1-48-30-16-26(36(47)44-18-25-11-12-28(44)31(25)39)14-27-32(30)45(21-37(38)19-42(20-37)35(46)23-6-3-2-4-7-23)34(41-27)29-15-24-8-5-13-40-33(24)43(29)17-22-9-10-22/h2-8,13-16,22,25,28,31H,9-12,17-21,39H2,1H3/t25?,28?,31-/m1/s1. The Kier molecular flexibility index (Phi) is 6.66. The number of alkyl halides is 1. The highest BCUT2D eigenvalue weighted by molar-refractivity contribution is 6.00. The Labute approximate surface area is 277 Å². The third kappa shape index (κ3) is 4.69. The normalized spacial score (nSPS) is 22.9. The molecule has 11 heteroatoms. The lowest BCUT2D eigenvalue weighted by atomic mass is 9.94. The Morgan fingerprint density at radius 3 is 2.50 bits per heavy atom. The topological polar surface area (TPSA) is 112 Å². The van der Waals surface area contributed by atoms with E-state index in [0.717, 1.165) is 49.0 Å². The number of rotatable bonds is 8. The second-order valence-electron chi connectivity index (χ2n) is 14.2. The van der Waals surface area contributed by atoms with Crippen molar-refractivity contribution in [3.8, 4) is 17.3 Å². The average molecular weight is 648 g/mol. The quantitative estimate of drug-likeness (QED) is 0.257. The van der Waals surface area contributed by atoms with E-state index in [1.807, 2.05) is 39.8 Å². The first kappa shape index (κ1) is 29.4. The van der Waals surface area contributed by atoms with Crippen LogP contribution >= 0.6 is 0 Å². The molecule has 2 N–H and O–H groups in total. The highest BCUT2D eigenvalue weighted by atomic mass is 19.1. The number of nitrogens with zero attached hydrogens (tertiary/aromatic N) is 6. The van der Waals surface area contributed by atoms with E-state index in [2.05, 4.69) is 10.6 Å². The van der Waals surface area contributed by atoms with E-state index in [0.29, 0.717) is 52.1 Å². The number of aromatic nitrogens is 4. The van der Waals surface area contributed by atoms with Crippen LogP contribution in [0.15, 0.2) is 66.9 Å². The summed E-state index contributed by atoms with van der Waals surface area (Å²) in [5.41, 5.74) is 8.64. The van der Waals surface area contributed by atoms with Crippen LogP contribution in [-0.4, -0.2) is 85.2 Å². The van der Waals surface area contributed by atoms with Gasteiger partial charge in [-0.2, -0.15) is 0 Å². The van der Waals surface area contributed by atoms with Gasteiger partial charge < -0.3 is 29.4 Å². The van der Waals surface area contributed by atoms with Crippen molar-refractivity contribution >= 4 is 33.9 Å². The van der Waals surface area contributed by atoms with Crippen LogP contribution in [0.2, 0.25) is 0 Å². The second kappa shape index (κ2) is 10.9. The number of nitrogens with two attached hydrogens (primary N) is 1. The summed E-state index contributed by atoms with van der Waals surface area (Å²) in [5.74, 6) is 1.64. The molecule has 3 atom stereocenters. The molecule has 5 aromatic rings. The first-order valence-corrected chi connectivity index (χ1v) is 16.9. The summed E-state index contributed by atoms with van der Waals surface area (Å²) in [5, 5.41) is 0.980. The van der Waals surface area contributed by atoms with Gasteiger partial charge in [-0.3, -0.25) is 9.59 Å². The summed E-state index contributed by atoms with van der Waals surface area (Å²) in [4.78, 5) is 40.3. The minimum atomic E-state index is -1.69. The van der Waals surface area contributed by atoms with E-state index >= 15 is 4.39 Å². The van der Waals surface area contributed by atoms with Crippen LogP contribution in [0.3, 0.4) is 0 Å². The maximum absolute atomic E-state index is 16.7. The third-order valence-electron chi connectivity index (χ3n) is 10.9. The van der Waals surface area contributed by atoms with E-state index in [9.17, 15) is 9.59 Å². The van der Waals surface area contributed by atoms with Crippen molar-refractivity contribution in [1.29, 1.82) is 0 Å². The number of ether oxygens (including phenoxy) is 1. The molecule has 2 bridgehead atoms. The number of hydrogen-bond acceptors (Lipinski definition) is 6. The van der Waals surface area contributed by atoms with Gasteiger partial charge in [0.1, 0.15) is 16.9 Å². The second-order valence-corrected chi connectivity index (χ2v) is 14.2. The molecule has 246 valence electrons. The van der Waals surface area contributed by atoms with Gasteiger partial charge in [-0.15, -0.1) is 0 Å². The molecule has 0 radical (unpaired) electrons. The lowest BCUT2D eigenvalue weighted by Crippen LogP contribution is -2.62. The van der Waals surface area contributed by atoms with Crippen molar-refractivity contribution in [3.05, 3.63) is 78.0 Å². The first-order chi connectivity index (χ1) is 23.3. The molecule has 2 aliphatic heterocycles. The number of methoxy groups -OCH3 is 1. The summed E-state index contributed by atoms with van der Waals surface area (Å²) >= 11 is 0. The highest BCUT2D eigenvalue weighted by Gasteiger charge is 2.48. The van der Waals surface area contributed by atoms with E-state index in [-0.39, 0.29) is 43.5 Å². The summed E-state index contributed by atoms with van der Waals surface area (Å²) in [6.45, 7) is 1.33. The first-order valence-electron chi connectivity index (χ1n) is 16.9. The minimum absolute atomic E-state index is 0.00365. The molecular weight excluding hydrogens is 609 g/mol. The molecule has 2 amide bonds. The van der Waals surface area contributed by atoms with Crippen molar-refractivity contribution in [1.82, 2.24) is 28.9 Å². The number of piperidine rings is 1. The van der Waals surface area contributed by atoms with Gasteiger partial charge in [0.25, 0.3) is 11.8 Å². The number of halogens is 1. The monoisotopic (exact) mass is 647 g/mol. The van der Waals surface area contributed by atoms with Gasteiger partial charge in [-0.05, 0) is 80.0 Å². The number of fused-ring (bicyclic) bond motifs is 4. The smallest absolute Gasteiger partial charge is 0.254 e. The van der Waals surface area contributed by atoms with E-state index in [1.165, 1.54) is 0 Å². The molecule has 0 spiro atoms. The van der Waals surface area contributed by atoms with Crippen molar-refractivity contribution in [2.24, 2.45) is 17.6 Å². The average Bonchev–Trinajstić information content (AvgIpc) is 3.46. The van der Waals surface area contributed by atoms with Gasteiger partial charge in [0.2, 0.25) is 0 Å². The maximum Gasteiger partial charge on any atom is 0.254 e. The zero-order valence-electron chi connectivity index (χ0n) is 26.9. The van der Waals surface area contributed by atoms with Gasteiger partial charge in [0.15, 0.2) is 11.5 Å². The van der Waals surface area contributed by atoms with Crippen LogP contribution in [0, 0.1) is 11.8 Å². The van der Waals surface area contributed by atoms with Crippen LogP contribution in [0.1, 0.15) is 46.4 Å². The molecule has 2 aliphatic carbocycles. The highest BCUT2D eigenvalue weighted by Crippen LogP contribution is 2.42. The van der Waals surface area contributed by atoms with Crippen LogP contribution in [0.25, 0.3) is 33.6 Å². The molecule has 10 nitrogen and oxygen atoms in total. The minimum Gasteiger partial charge on any atom is -0.494 e. The summed E-state index contributed by atoms with van der Waals surface area (Å²) < 4.78 is 26.8. The molecule has 3 aromatic heterocycles. The van der Waals surface area contributed by atoms with E-state index < -0.39 is 5.67 Å². The Morgan fingerprint density at radius 1 is 0.979 bits per heavy atom. The van der Waals surface area contributed by atoms with Gasteiger partial charge in [-0.25, -0.2) is 14.4 Å². The lowest BCUT2D eigenvalue weighted by Gasteiger charge is -2.44. The number of carbonyl (C=O) groups is 2. The number of amides is 2. The van der Waals surface area contributed by atoms with E-state index in [4.69, 9.17) is 20.4 Å². The molecule has 2 saturated carbocycles. The summed E-state index contributed by atoms with van der Waals surface area (Å²) in [7, 11) is 1.57. The van der Waals surface area contributed by atoms with Gasteiger partial charge in [0, 0.05) is 47.9 Å². The number of likely N-dealkylation sites (tertiary alicyclic amines) is 2. The molecule has 2 aromatic carbocycles. The molecule has 4 aliphatic rings. The Morgan fingerprint density at radius 2 is 1.79 bits per heavy atom. The molecule has 5 heterocycles. The van der Waals surface area contributed by atoms with Crippen LogP contribution < -0.4 is 10.5 Å². The molecule has 48 heavy (non-hydrogen) atoms. The van der Waals surface area contributed by atoms with Crippen LogP contribution in [0.4, 0.5) is 4.39 Å². The zero-order valence-corrected chi connectivity index (χ0v) is 26.9. The molecule has 4 fully saturated rings. The van der Waals surface area contributed by atoms with Crippen molar-refractivity contribution in [2.75, 3.05) is 26.7 Å². The number of benzene rings is 2. The number of carbonyl (C=O) groups excluding carboxylic acids is 2. The van der Waals surface area contributed by atoms with Crippen LogP contribution in [0.5, 0.6) is 5.75 Å². The Balaban J connectivity index is 1.14. The van der Waals surface area contributed by atoms with Gasteiger partial charge >= 0.3 is 0 Å². The molecule has 2 saturated heterocycles. The Hall–Kier alpha value is -4.77. The SMILES string of the molecule is COc1cc(C(=O)N2CC3CCC2[C@@H]3N)cc2nc(-c3cc4cccnc4n3CC3CC3)n(CC3(F)CN(C(=O)c4ccccc4)C3)c12. The Bertz CT molecular complexity index is 2080. The molecule has 9 rings (SSSR count). The predicted octanol–water partition coefficient (Wildman–Crippen LogP) is 4.90. The molecule has 2 unspecified atom stereocenters. The number of pyridine rings is 1. The number of imidazole rings is 1. The largest absolute Gasteiger partial charge is 0.494 e. The van der Waals surface area contributed by atoms with E-state index in [1.54, 1.807) is 42.5 Å². The van der Waals surface area contributed by atoms with Crippen LogP contribution in [-0.2, 0) is 13.1 Å². The van der Waals surface area contributed by atoms with Gasteiger partial charge in [0.05, 0.1) is 38.0 Å². The zero-order chi connectivity index (χ0) is 32.7.